The van der Waals surface area contributed by atoms with Crippen molar-refractivity contribution in [1.82, 2.24) is 0 Å². The molecular formula is C6H16N2O6. The van der Waals surface area contributed by atoms with Crippen LogP contribution in [0.1, 0.15) is 13.3 Å². The van der Waals surface area contributed by atoms with Gasteiger partial charge in [0.15, 0.2) is 6.10 Å². The molecule has 0 radical (unpaired) electrons. The summed E-state index contributed by atoms with van der Waals surface area (Å²) in [6, 6.07) is 0. The fourth-order valence-corrected chi connectivity index (χ4v) is 0.785. The molecule has 0 saturated heterocycles. The third kappa shape index (κ3) is 2.38. The maximum absolute atomic E-state index is 9.22. The Labute approximate surface area is 80.0 Å². The molecule has 0 bridgehead atoms. The van der Waals surface area contributed by atoms with Crippen LogP contribution in [0.4, 0.5) is 0 Å². The molecular weight excluding hydrogens is 196 g/mol. The Bertz CT molecular complexity index is 199. The van der Waals surface area contributed by atoms with Gasteiger partial charge in [-0.15, -0.1) is 0 Å². The maximum Gasteiger partial charge on any atom is 0.308 e. The van der Waals surface area contributed by atoms with Crippen LogP contribution in [0.5, 0.6) is 0 Å². The Kier molecular flexibility index (Phi) is 3.60. The molecule has 1 unspecified atom stereocenters. The zero-order chi connectivity index (χ0) is 11.8. The summed E-state index contributed by atoms with van der Waals surface area (Å²) in [4.78, 5) is 0. The van der Waals surface area contributed by atoms with Crippen LogP contribution in [0.2, 0.25) is 0 Å². The topological polar surface area (TPSA) is 173 Å². The summed E-state index contributed by atoms with van der Waals surface area (Å²) in [5.41, 5.74) is 8.15. The van der Waals surface area contributed by atoms with E-state index in [1.807, 2.05) is 0 Å². The Hall–Kier alpha value is -0.320. The predicted octanol–water partition coefficient (Wildman–Crippen LogP) is -4.32. The van der Waals surface area contributed by atoms with Crippen LogP contribution < -0.4 is 11.5 Å². The van der Waals surface area contributed by atoms with Gasteiger partial charge in [0.2, 0.25) is 5.79 Å². The molecule has 0 rings (SSSR count). The molecule has 0 spiro atoms. The molecule has 0 aliphatic carbocycles. The molecule has 0 aromatic rings. The highest BCUT2D eigenvalue weighted by Crippen LogP contribution is 2.24. The lowest BCUT2D eigenvalue weighted by atomic mass is 9.91. The number of nitrogens with two attached hydrogens (primary N) is 2. The number of hydrogen-bond donors (Lipinski definition) is 8. The van der Waals surface area contributed by atoms with Gasteiger partial charge in [-0.2, -0.15) is 0 Å². The van der Waals surface area contributed by atoms with E-state index in [0.717, 1.165) is 0 Å². The highest BCUT2D eigenvalue weighted by Gasteiger charge is 2.56. The Morgan fingerprint density at radius 3 is 1.64 bits per heavy atom. The van der Waals surface area contributed by atoms with Crippen molar-refractivity contribution in [3.05, 3.63) is 0 Å². The third-order valence-electron chi connectivity index (χ3n) is 2.02. The van der Waals surface area contributed by atoms with Crippen molar-refractivity contribution < 1.29 is 30.6 Å². The van der Waals surface area contributed by atoms with E-state index in [-0.39, 0.29) is 6.42 Å². The number of rotatable bonds is 4. The average molecular weight is 212 g/mol. The van der Waals surface area contributed by atoms with E-state index in [4.69, 9.17) is 31.9 Å². The molecule has 1 atom stereocenters. The zero-order valence-electron chi connectivity index (χ0n) is 7.62. The van der Waals surface area contributed by atoms with Crippen molar-refractivity contribution in [2.45, 2.75) is 36.9 Å². The first-order valence-electron chi connectivity index (χ1n) is 3.84. The van der Waals surface area contributed by atoms with E-state index in [0.29, 0.717) is 0 Å². The minimum Gasteiger partial charge on any atom is -0.380 e. The minimum atomic E-state index is -3.71. The lowest BCUT2D eigenvalue weighted by Crippen LogP contribution is -2.75. The molecule has 0 fully saturated rings. The van der Waals surface area contributed by atoms with Gasteiger partial charge in [-0.1, -0.05) is 6.92 Å². The lowest BCUT2D eigenvalue weighted by Gasteiger charge is -2.41. The van der Waals surface area contributed by atoms with E-state index in [9.17, 15) is 10.2 Å². The van der Waals surface area contributed by atoms with E-state index < -0.39 is 23.5 Å². The summed E-state index contributed by atoms with van der Waals surface area (Å²) >= 11 is 0. The largest absolute Gasteiger partial charge is 0.380 e. The van der Waals surface area contributed by atoms with Crippen LogP contribution in [0.15, 0.2) is 0 Å². The van der Waals surface area contributed by atoms with Crippen molar-refractivity contribution in [2.75, 3.05) is 0 Å². The van der Waals surface area contributed by atoms with E-state index >= 15 is 0 Å². The van der Waals surface area contributed by atoms with Crippen LogP contribution >= 0.6 is 0 Å². The smallest absolute Gasteiger partial charge is 0.308 e. The fraction of sp³-hybridized carbons (Fsp3) is 1.00. The number of hydrogen-bond acceptors (Lipinski definition) is 8. The molecule has 0 aromatic carbocycles. The van der Waals surface area contributed by atoms with Crippen molar-refractivity contribution in [3.8, 4) is 0 Å². The molecule has 0 aliphatic rings. The van der Waals surface area contributed by atoms with E-state index in [1.165, 1.54) is 6.92 Å². The summed E-state index contributed by atoms with van der Waals surface area (Å²) in [6.07, 6.45) is -2.93. The highest BCUT2D eigenvalue weighted by atomic mass is 16.7. The molecule has 86 valence electrons. The molecule has 8 nitrogen and oxygen atoms in total. The first-order chi connectivity index (χ1) is 5.97. The van der Waals surface area contributed by atoms with E-state index in [1.54, 1.807) is 0 Å². The van der Waals surface area contributed by atoms with Gasteiger partial charge in [0.1, 0.15) is 5.66 Å². The normalized spacial score (nSPS) is 16.9. The summed E-state index contributed by atoms with van der Waals surface area (Å²) in [6.45, 7) is 1.38. The second-order valence-electron chi connectivity index (χ2n) is 3.21. The van der Waals surface area contributed by atoms with Crippen LogP contribution in [-0.2, 0) is 0 Å². The molecule has 0 aliphatic heterocycles. The molecule has 10 N–H and O–H groups in total. The molecule has 8 heteroatoms. The number of aliphatic hydroxyl groups is 6. The molecule has 0 saturated carbocycles. The Morgan fingerprint density at radius 1 is 1.07 bits per heavy atom. The highest BCUT2D eigenvalue weighted by molar-refractivity contribution is 4.97. The quantitative estimate of drug-likeness (QED) is 0.216. The first-order valence-corrected chi connectivity index (χ1v) is 3.84. The Morgan fingerprint density at radius 2 is 1.43 bits per heavy atom. The molecule has 0 aromatic heterocycles. The van der Waals surface area contributed by atoms with Crippen LogP contribution in [0.25, 0.3) is 0 Å². The van der Waals surface area contributed by atoms with Crippen molar-refractivity contribution >= 4 is 0 Å². The molecule has 0 heterocycles. The van der Waals surface area contributed by atoms with Crippen LogP contribution in [0.3, 0.4) is 0 Å². The van der Waals surface area contributed by atoms with E-state index in [2.05, 4.69) is 0 Å². The second kappa shape index (κ2) is 3.68. The maximum atomic E-state index is 9.22. The Balaban J connectivity index is 4.96. The lowest BCUT2D eigenvalue weighted by molar-refractivity contribution is -0.414. The van der Waals surface area contributed by atoms with Crippen LogP contribution in [0, 0.1) is 0 Å². The fourth-order valence-electron chi connectivity index (χ4n) is 0.785. The summed E-state index contributed by atoms with van der Waals surface area (Å²) in [5, 5.41) is 52.9. The average Bonchev–Trinajstić information content (AvgIpc) is 2.01. The van der Waals surface area contributed by atoms with Gasteiger partial charge in [0.25, 0.3) is 0 Å². The SMILES string of the molecule is CCC(N)(N)C(O)(O)C(O)C(O)(O)O. The van der Waals surface area contributed by atoms with Crippen LogP contribution in [-0.4, -0.2) is 54.2 Å². The van der Waals surface area contributed by atoms with Crippen molar-refractivity contribution in [1.29, 1.82) is 0 Å². The summed E-state index contributed by atoms with van der Waals surface area (Å²) in [7, 11) is 0. The van der Waals surface area contributed by atoms with Gasteiger partial charge >= 0.3 is 5.97 Å². The molecule has 0 amide bonds. The van der Waals surface area contributed by atoms with Gasteiger partial charge in [-0.25, -0.2) is 0 Å². The number of aliphatic hydroxyl groups excluding tert-OH is 1. The van der Waals surface area contributed by atoms with Crippen molar-refractivity contribution in [3.63, 3.8) is 0 Å². The summed E-state index contributed by atoms with van der Waals surface area (Å²) in [5.74, 6) is -6.96. The monoisotopic (exact) mass is 212 g/mol. The summed E-state index contributed by atoms with van der Waals surface area (Å²) < 4.78 is 0. The van der Waals surface area contributed by atoms with Gasteiger partial charge in [0.05, 0.1) is 0 Å². The van der Waals surface area contributed by atoms with Gasteiger partial charge in [0, 0.05) is 0 Å². The standard InChI is InChI=1S/C6H16N2O6/c1-2-4(7,8)5(10,11)3(9)6(12,13)14/h3,9-14H,2,7-8H2,1H3. The van der Waals surface area contributed by atoms with Gasteiger partial charge in [-0.05, 0) is 6.42 Å². The first kappa shape index (κ1) is 13.7. The zero-order valence-corrected chi connectivity index (χ0v) is 7.62. The van der Waals surface area contributed by atoms with Crippen molar-refractivity contribution in [2.24, 2.45) is 11.5 Å². The molecule has 14 heavy (non-hydrogen) atoms. The third-order valence-corrected chi connectivity index (χ3v) is 2.02. The minimum absolute atomic E-state index is 0.187. The van der Waals surface area contributed by atoms with Gasteiger partial charge in [-0.3, -0.25) is 0 Å². The predicted molar refractivity (Wildman–Crippen MR) is 44.0 cm³/mol. The van der Waals surface area contributed by atoms with Gasteiger partial charge < -0.3 is 42.1 Å². The second-order valence-corrected chi connectivity index (χ2v) is 3.21.